The lowest BCUT2D eigenvalue weighted by atomic mass is 10.1. The molecule has 2 aromatic heterocycles. The van der Waals surface area contributed by atoms with Gasteiger partial charge in [0.2, 0.25) is 5.56 Å². The third kappa shape index (κ3) is 3.72. The van der Waals surface area contributed by atoms with Crippen molar-refractivity contribution in [3.05, 3.63) is 74.7 Å². The lowest BCUT2D eigenvalue weighted by Crippen LogP contribution is -2.34. The molecular formula is C21H22F2N4O2. The maximum atomic E-state index is 13.3. The smallest absolute Gasteiger partial charge is 0.261 e. The average Bonchev–Trinajstić information content (AvgIpc) is 3.15. The van der Waals surface area contributed by atoms with Crippen LogP contribution in [-0.4, -0.2) is 32.0 Å². The minimum absolute atomic E-state index is 0.100. The summed E-state index contributed by atoms with van der Waals surface area (Å²) in [6, 6.07) is 11.6. The Balaban J connectivity index is 1.78. The minimum Gasteiger partial charge on any atom is -0.314 e. The third-order valence-electron chi connectivity index (χ3n) is 5.53. The third-order valence-corrected chi connectivity index (χ3v) is 5.53. The van der Waals surface area contributed by atoms with Gasteiger partial charge in [-0.05, 0) is 37.6 Å². The van der Waals surface area contributed by atoms with Gasteiger partial charge in [0.1, 0.15) is 5.82 Å². The maximum absolute atomic E-state index is 13.3. The first-order chi connectivity index (χ1) is 14.0. The van der Waals surface area contributed by atoms with E-state index in [4.69, 9.17) is 0 Å². The van der Waals surface area contributed by atoms with Crippen molar-refractivity contribution in [2.75, 3.05) is 6.54 Å². The summed E-state index contributed by atoms with van der Waals surface area (Å²) in [5, 5.41) is 0.340. The van der Waals surface area contributed by atoms with Crippen molar-refractivity contribution in [2.45, 2.75) is 38.4 Å². The summed E-state index contributed by atoms with van der Waals surface area (Å²) in [4.78, 5) is 31.6. The number of aromatic nitrogens is 3. The molecule has 0 radical (unpaired) electrons. The van der Waals surface area contributed by atoms with Gasteiger partial charge in [-0.25, -0.2) is 13.8 Å². The van der Waals surface area contributed by atoms with Crippen LogP contribution >= 0.6 is 0 Å². The second kappa shape index (κ2) is 7.87. The maximum Gasteiger partial charge on any atom is 0.261 e. The van der Waals surface area contributed by atoms with Crippen molar-refractivity contribution in [3.63, 3.8) is 0 Å². The molecule has 1 atom stereocenters. The molecule has 0 aliphatic carbocycles. The molecule has 0 amide bonds. The van der Waals surface area contributed by atoms with Crippen molar-refractivity contribution >= 4 is 10.9 Å². The summed E-state index contributed by atoms with van der Waals surface area (Å²) in [5.41, 5.74) is 0.798. The highest BCUT2D eigenvalue weighted by molar-refractivity contribution is 5.77. The number of hydrogen-bond acceptors (Lipinski definition) is 4. The van der Waals surface area contributed by atoms with Gasteiger partial charge in [-0.15, -0.1) is 0 Å². The van der Waals surface area contributed by atoms with Gasteiger partial charge in [0.15, 0.2) is 0 Å². The summed E-state index contributed by atoms with van der Waals surface area (Å²) >= 11 is 0. The fourth-order valence-corrected chi connectivity index (χ4v) is 4.04. The Morgan fingerprint density at radius 2 is 1.93 bits per heavy atom. The van der Waals surface area contributed by atoms with E-state index in [1.807, 2.05) is 6.07 Å². The Bertz CT molecular complexity index is 1160. The number of pyridine rings is 1. The van der Waals surface area contributed by atoms with Crippen LogP contribution < -0.4 is 11.1 Å². The number of hydrogen-bond donors (Lipinski definition) is 0. The molecule has 1 saturated heterocycles. The van der Waals surface area contributed by atoms with Crippen LogP contribution in [0.3, 0.4) is 0 Å². The predicted octanol–water partition coefficient (Wildman–Crippen LogP) is 2.70. The molecule has 8 heteroatoms. The molecule has 3 aromatic rings. The van der Waals surface area contributed by atoms with E-state index in [0.29, 0.717) is 23.3 Å². The van der Waals surface area contributed by atoms with Gasteiger partial charge in [0.25, 0.3) is 12.0 Å². The van der Waals surface area contributed by atoms with Gasteiger partial charge >= 0.3 is 0 Å². The normalized spacial score (nSPS) is 17.4. The Morgan fingerprint density at radius 3 is 2.72 bits per heavy atom. The number of nitrogens with zero attached hydrogens (tertiary/aromatic N) is 4. The van der Waals surface area contributed by atoms with E-state index in [9.17, 15) is 18.4 Å². The molecule has 0 bridgehead atoms. The molecule has 6 nitrogen and oxygen atoms in total. The molecule has 3 heterocycles. The van der Waals surface area contributed by atoms with E-state index in [0.717, 1.165) is 29.6 Å². The van der Waals surface area contributed by atoms with E-state index in [1.165, 1.54) is 6.07 Å². The fourth-order valence-electron chi connectivity index (χ4n) is 4.04. The number of alkyl halides is 2. The quantitative estimate of drug-likeness (QED) is 0.661. The number of halogens is 2. The molecule has 0 spiro atoms. The van der Waals surface area contributed by atoms with Gasteiger partial charge in [0.05, 0.1) is 23.5 Å². The SMILES string of the molecule is Cn1c(CN2CCCC2c2nc3ccccc3c(=O)n2CC(F)F)cccc1=O. The highest BCUT2D eigenvalue weighted by Crippen LogP contribution is 2.32. The monoisotopic (exact) mass is 400 g/mol. The van der Waals surface area contributed by atoms with Gasteiger partial charge in [-0.3, -0.25) is 19.1 Å². The van der Waals surface area contributed by atoms with Crippen LogP contribution in [0.4, 0.5) is 8.78 Å². The van der Waals surface area contributed by atoms with Gasteiger partial charge in [-0.1, -0.05) is 18.2 Å². The molecule has 29 heavy (non-hydrogen) atoms. The molecule has 4 rings (SSSR count). The number of rotatable bonds is 5. The zero-order chi connectivity index (χ0) is 20.5. The lowest BCUT2D eigenvalue weighted by Gasteiger charge is -2.27. The molecule has 1 aliphatic rings. The Labute approximate surface area is 166 Å². The van der Waals surface area contributed by atoms with Crippen molar-refractivity contribution in [1.82, 2.24) is 19.0 Å². The topological polar surface area (TPSA) is 60.1 Å². The molecule has 1 aliphatic heterocycles. The molecular weight excluding hydrogens is 378 g/mol. The summed E-state index contributed by atoms with van der Waals surface area (Å²) in [6.07, 6.45) is -1.07. The van der Waals surface area contributed by atoms with E-state index >= 15 is 0 Å². The zero-order valence-electron chi connectivity index (χ0n) is 16.1. The van der Waals surface area contributed by atoms with Gasteiger partial charge < -0.3 is 4.57 Å². The average molecular weight is 400 g/mol. The summed E-state index contributed by atoms with van der Waals surface area (Å²) < 4.78 is 29.2. The van der Waals surface area contributed by atoms with Gasteiger partial charge in [0, 0.05) is 25.4 Å². The van der Waals surface area contributed by atoms with Crippen LogP contribution in [0, 0.1) is 0 Å². The van der Waals surface area contributed by atoms with Crippen LogP contribution in [0.5, 0.6) is 0 Å². The van der Waals surface area contributed by atoms with Crippen molar-refractivity contribution in [2.24, 2.45) is 7.05 Å². The fraction of sp³-hybridized carbons (Fsp3) is 0.381. The van der Waals surface area contributed by atoms with Crippen molar-refractivity contribution < 1.29 is 8.78 Å². The van der Waals surface area contributed by atoms with E-state index in [-0.39, 0.29) is 11.6 Å². The van der Waals surface area contributed by atoms with Crippen LogP contribution in [0.25, 0.3) is 10.9 Å². The molecule has 0 saturated carbocycles. The standard InChI is InChI=1S/C21H22F2N4O2/c1-25-14(6-4-10-19(25)28)12-26-11-5-9-17(26)20-24-16-8-3-2-7-15(16)21(29)27(20)13-18(22)23/h2-4,6-8,10,17-18H,5,9,11-13H2,1H3. The molecule has 152 valence electrons. The first kappa shape index (κ1) is 19.4. The van der Waals surface area contributed by atoms with Crippen LogP contribution in [-0.2, 0) is 20.1 Å². The van der Waals surface area contributed by atoms with E-state index < -0.39 is 18.5 Å². The second-order valence-electron chi connectivity index (χ2n) is 7.34. The number of para-hydroxylation sites is 1. The highest BCUT2D eigenvalue weighted by atomic mass is 19.3. The highest BCUT2D eigenvalue weighted by Gasteiger charge is 2.31. The summed E-state index contributed by atoms with van der Waals surface area (Å²) in [5.74, 6) is 0.368. The summed E-state index contributed by atoms with van der Waals surface area (Å²) in [6.45, 7) is 0.542. The zero-order valence-corrected chi connectivity index (χ0v) is 16.1. The van der Waals surface area contributed by atoms with Crippen molar-refractivity contribution in [1.29, 1.82) is 0 Å². The second-order valence-corrected chi connectivity index (χ2v) is 7.34. The van der Waals surface area contributed by atoms with Crippen molar-refractivity contribution in [3.8, 4) is 0 Å². The molecule has 1 fully saturated rings. The van der Waals surface area contributed by atoms with Crippen LogP contribution in [0.1, 0.15) is 30.4 Å². The molecule has 0 N–H and O–H groups in total. The largest absolute Gasteiger partial charge is 0.314 e. The molecule has 1 aromatic carbocycles. The lowest BCUT2D eigenvalue weighted by molar-refractivity contribution is 0.120. The van der Waals surface area contributed by atoms with Crippen LogP contribution in [0.15, 0.2) is 52.1 Å². The first-order valence-electron chi connectivity index (χ1n) is 9.62. The first-order valence-corrected chi connectivity index (χ1v) is 9.62. The Hall–Kier alpha value is -2.87. The van der Waals surface area contributed by atoms with E-state index in [1.54, 1.807) is 41.9 Å². The number of likely N-dealkylation sites (tertiary alicyclic amines) is 1. The van der Waals surface area contributed by atoms with Crippen LogP contribution in [0.2, 0.25) is 0 Å². The number of fused-ring (bicyclic) bond motifs is 1. The predicted molar refractivity (Wildman–Crippen MR) is 106 cm³/mol. The molecule has 1 unspecified atom stereocenters. The summed E-state index contributed by atoms with van der Waals surface area (Å²) in [7, 11) is 1.71. The van der Waals surface area contributed by atoms with E-state index in [2.05, 4.69) is 9.88 Å². The number of benzene rings is 1. The Kier molecular flexibility index (Phi) is 5.27. The Morgan fingerprint density at radius 1 is 1.14 bits per heavy atom. The minimum atomic E-state index is -2.65. The van der Waals surface area contributed by atoms with Gasteiger partial charge in [-0.2, -0.15) is 0 Å².